The Balaban J connectivity index is 1.53. The average Bonchev–Trinajstić information content (AvgIpc) is 3.20. The molecule has 0 unspecified atom stereocenters. The first-order valence-electron chi connectivity index (χ1n) is 9.87. The van der Waals surface area contributed by atoms with Crippen LogP contribution in [0.5, 0.6) is 0 Å². The van der Waals surface area contributed by atoms with E-state index in [0.29, 0.717) is 25.4 Å². The second-order valence-corrected chi connectivity index (χ2v) is 7.12. The van der Waals surface area contributed by atoms with E-state index in [9.17, 15) is 4.79 Å². The van der Waals surface area contributed by atoms with Crippen molar-refractivity contribution in [3.63, 3.8) is 0 Å². The first-order chi connectivity index (χ1) is 13.7. The summed E-state index contributed by atoms with van der Waals surface area (Å²) >= 11 is 0. The Morgan fingerprint density at radius 3 is 3.07 bits per heavy atom. The molecule has 0 aromatic carbocycles. The first-order valence-corrected chi connectivity index (χ1v) is 9.87. The van der Waals surface area contributed by atoms with E-state index in [4.69, 9.17) is 10.5 Å². The van der Waals surface area contributed by atoms with Crippen LogP contribution in [0.25, 0.3) is 0 Å². The third-order valence-electron chi connectivity index (χ3n) is 4.97. The van der Waals surface area contributed by atoms with Gasteiger partial charge in [0.05, 0.1) is 18.3 Å². The molecule has 3 atom stereocenters. The number of nitrogens with two attached hydrogens (primary N) is 1. The van der Waals surface area contributed by atoms with Crippen molar-refractivity contribution in [3.05, 3.63) is 30.2 Å². The topological polar surface area (TPSA) is 131 Å². The van der Waals surface area contributed by atoms with Gasteiger partial charge in [0.25, 0.3) is 0 Å². The van der Waals surface area contributed by atoms with E-state index < -0.39 is 0 Å². The Hall–Kier alpha value is -2.68. The molecule has 1 aliphatic carbocycles. The normalized spacial score (nSPS) is 22.0. The van der Waals surface area contributed by atoms with Crippen molar-refractivity contribution in [1.82, 2.24) is 25.5 Å². The first kappa shape index (κ1) is 20.1. The van der Waals surface area contributed by atoms with Gasteiger partial charge in [0, 0.05) is 31.5 Å². The number of aromatic nitrogens is 4. The second kappa shape index (κ2) is 10.0. The van der Waals surface area contributed by atoms with E-state index in [1.54, 1.807) is 18.5 Å². The summed E-state index contributed by atoms with van der Waals surface area (Å²) < 4.78 is 6.06. The van der Waals surface area contributed by atoms with Crippen molar-refractivity contribution >= 4 is 17.7 Å². The number of nitrogens with zero attached hydrogens (tertiary/aromatic N) is 3. The fourth-order valence-electron chi connectivity index (χ4n) is 3.52. The van der Waals surface area contributed by atoms with Gasteiger partial charge in [0.15, 0.2) is 0 Å². The lowest BCUT2D eigenvalue weighted by molar-refractivity contribution is -0.128. The number of nitrogens with one attached hydrogen (secondary N) is 3. The molecular formula is C19H29N7O2. The van der Waals surface area contributed by atoms with E-state index in [2.05, 4.69) is 37.7 Å². The molecule has 0 bridgehead atoms. The molecule has 9 nitrogen and oxygen atoms in total. The molecule has 0 aliphatic heterocycles. The third-order valence-corrected chi connectivity index (χ3v) is 4.97. The van der Waals surface area contributed by atoms with E-state index in [1.807, 2.05) is 6.20 Å². The maximum Gasteiger partial charge on any atom is 0.223 e. The van der Waals surface area contributed by atoms with Crippen molar-refractivity contribution in [1.29, 1.82) is 0 Å². The monoisotopic (exact) mass is 387 g/mol. The predicted octanol–water partition coefficient (Wildman–Crippen LogP) is 1.52. The van der Waals surface area contributed by atoms with Gasteiger partial charge in [-0.1, -0.05) is 6.92 Å². The number of hydrogen-bond donors (Lipinski definition) is 4. The summed E-state index contributed by atoms with van der Waals surface area (Å²) in [4.78, 5) is 20.7. The smallest absolute Gasteiger partial charge is 0.223 e. The van der Waals surface area contributed by atoms with E-state index in [0.717, 1.165) is 31.2 Å². The van der Waals surface area contributed by atoms with Crippen LogP contribution in [0, 0.1) is 5.92 Å². The minimum Gasteiger partial charge on any atom is -0.376 e. The molecule has 152 valence electrons. The summed E-state index contributed by atoms with van der Waals surface area (Å²) in [5.74, 6) is 0.977. The number of carbonyl (C=O) groups excluding carboxylic acids is 1. The molecule has 5 N–H and O–H groups in total. The van der Waals surface area contributed by atoms with Crippen LogP contribution in [0.15, 0.2) is 24.7 Å². The van der Waals surface area contributed by atoms with Crippen LogP contribution in [-0.2, 0) is 16.0 Å². The molecule has 1 amide bonds. The number of aromatic amines is 1. The van der Waals surface area contributed by atoms with Crippen molar-refractivity contribution < 1.29 is 9.53 Å². The maximum absolute atomic E-state index is 12.6. The zero-order valence-corrected chi connectivity index (χ0v) is 16.2. The average molecular weight is 387 g/mol. The Morgan fingerprint density at radius 2 is 2.32 bits per heavy atom. The Bertz CT molecular complexity index is 738. The minimum atomic E-state index is -0.0467. The van der Waals surface area contributed by atoms with Gasteiger partial charge in [-0.2, -0.15) is 10.1 Å². The van der Waals surface area contributed by atoms with Crippen LogP contribution in [0.1, 0.15) is 38.2 Å². The highest BCUT2D eigenvalue weighted by Gasteiger charge is 2.34. The molecule has 28 heavy (non-hydrogen) atoms. The largest absolute Gasteiger partial charge is 0.376 e. The van der Waals surface area contributed by atoms with Gasteiger partial charge in [-0.15, -0.1) is 0 Å². The molecule has 2 heterocycles. The fraction of sp³-hybridized carbons (Fsp3) is 0.579. The van der Waals surface area contributed by atoms with Crippen molar-refractivity contribution in [2.75, 3.05) is 24.2 Å². The molecule has 1 fully saturated rings. The molecule has 2 aromatic rings. The summed E-state index contributed by atoms with van der Waals surface area (Å²) in [5.41, 5.74) is 6.75. The predicted molar refractivity (Wildman–Crippen MR) is 107 cm³/mol. The molecule has 0 spiro atoms. The number of nitrogen functional groups attached to an aromatic ring is 1. The van der Waals surface area contributed by atoms with Crippen molar-refractivity contribution in [2.24, 2.45) is 5.92 Å². The molecule has 2 aromatic heterocycles. The Kier molecular flexibility index (Phi) is 7.18. The molecule has 1 aliphatic rings. The summed E-state index contributed by atoms with van der Waals surface area (Å²) in [6.45, 7) is 3.36. The minimum absolute atomic E-state index is 0.0419. The highest BCUT2D eigenvalue weighted by molar-refractivity contribution is 5.78. The van der Waals surface area contributed by atoms with Crippen LogP contribution >= 0.6 is 0 Å². The zero-order valence-electron chi connectivity index (χ0n) is 16.2. The van der Waals surface area contributed by atoms with Gasteiger partial charge in [0.2, 0.25) is 11.9 Å². The van der Waals surface area contributed by atoms with Crippen LogP contribution in [0.2, 0.25) is 0 Å². The van der Waals surface area contributed by atoms with Gasteiger partial charge in [-0.3, -0.25) is 9.89 Å². The molecule has 0 radical (unpaired) electrons. The number of rotatable bonds is 9. The number of ether oxygens (including phenoxy) is 1. The number of amides is 1. The third kappa shape index (κ3) is 5.66. The molecule has 1 saturated carbocycles. The standard InChI is InChI=1S/C19H29N7O2/c1-2-9-28-16-10-14(18(27)21-7-5-13-11-23-24-12-13)3-4-15(16)25-17-6-8-22-19(20)26-17/h6,8,11-12,14-16H,2-5,7,9-10H2,1H3,(H,21,27)(H,23,24)(H3,20,22,25,26)/t14-,15+,16+/m0/s1. The van der Waals surface area contributed by atoms with Crippen LogP contribution in [0.3, 0.4) is 0 Å². The number of H-pyrrole nitrogens is 1. The van der Waals surface area contributed by atoms with E-state index >= 15 is 0 Å². The summed E-state index contributed by atoms with van der Waals surface area (Å²) in [6, 6.07) is 1.89. The lowest BCUT2D eigenvalue weighted by atomic mass is 9.83. The fourth-order valence-corrected chi connectivity index (χ4v) is 3.52. The summed E-state index contributed by atoms with van der Waals surface area (Å²) in [6.07, 6.45) is 9.24. The highest BCUT2D eigenvalue weighted by Crippen LogP contribution is 2.29. The summed E-state index contributed by atoms with van der Waals surface area (Å²) in [5, 5.41) is 13.1. The quantitative estimate of drug-likeness (QED) is 0.513. The van der Waals surface area contributed by atoms with Gasteiger partial charge < -0.3 is 21.1 Å². The number of hydrogen-bond acceptors (Lipinski definition) is 7. The van der Waals surface area contributed by atoms with E-state index in [1.165, 1.54) is 0 Å². The number of anilines is 2. The summed E-state index contributed by atoms with van der Waals surface area (Å²) in [7, 11) is 0. The molecule has 9 heteroatoms. The SMILES string of the molecule is CCCO[C@@H]1C[C@@H](C(=O)NCCc2cn[nH]c2)CC[C@H]1Nc1ccnc(N)n1. The lowest BCUT2D eigenvalue weighted by Crippen LogP contribution is -2.45. The van der Waals surface area contributed by atoms with Crippen molar-refractivity contribution in [2.45, 2.75) is 51.2 Å². The number of carbonyl (C=O) groups is 1. The maximum atomic E-state index is 12.6. The second-order valence-electron chi connectivity index (χ2n) is 7.12. The van der Waals surface area contributed by atoms with Gasteiger partial charge >= 0.3 is 0 Å². The highest BCUT2D eigenvalue weighted by atomic mass is 16.5. The zero-order chi connectivity index (χ0) is 19.8. The van der Waals surface area contributed by atoms with Crippen molar-refractivity contribution in [3.8, 4) is 0 Å². The Morgan fingerprint density at radius 1 is 1.43 bits per heavy atom. The van der Waals surface area contributed by atoms with Gasteiger partial charge in [-0.05, 0) is 43.7 Å². The van der Waals surface area contributed by atoms with Crippen LogP contribution < -0.4 is 16.4 Å². The molecule has 3 rings (SSSR count). The van der Waals surface area contributed by atoms with Crippen LogP contribution in [-0.4, -0.2) is 51.4 Å². The molecular weight excluding hydrogens is 358 g/mol. The van der Waals surface area contributed by atoms with Crippen LogP contribution in [0.4, 0.5) is 11.8 Å². The van der Waals surface area contributed by atoms with Gasteiger partial charge in [0.1, 0.15) is 5.82 Å². The van der Waals surface area contributed by atoms with E-state index in [-0.39, 0.29) is 29.9 Å². The lowest BCUT2D eigenvalue weighted by Gasteiger charge is -2.36. The molecule has 0 saturated heterocycles. The van der Waals surface area contributed by atoms with Gasteiger partial charge in [-0.25, -0.2) is 4.98 Å². The Labute approximate surface area is 164 Å².